The fourth-order valence-corrected chi connectivity index (χ4v) is 1.40. The molecule has 1 N–H and O–H groups in total. The molecule has 3 nitrogen and oxygen atoms in total. The molecule has 0 amide bonds. The van der Waals surface area contributed by atoms with Crippen LogP contribution in [0, 0.1) is 0 Å². The van der Waals surface area contributed by atoms with Gasteiger partial charge in [-0.15, -0.1) is 0 Å². The predicted molar refractivity (Wildman–Crippen MR) is 44.7 cm³/mol. The minimum Gasteiger partial charge on any atom is -0.356 e. The summed E-state index contributed by atoms with van der Waals surface area (Å²) in [7, 11) is 0. The van der Waals surface area contributed by atoms with E-state index in [1.165, 1.54) is 12.1 Å². The molecular weight excluding hydrogens is 138 g/mol. The molecule has 60 valence electrons. The van der Waals surface area contributed by atoms with Crippen LogP contribution in [0.2, 0.25) is 0 Å². The molecule has 1 aromatic rings. The van der Waals surface area contributed by atoms with E-state index in [1.807, 2.05) is 0 Å². The van der Waals surface area contributed by atoms with Crippen LogP contribution in [0.25, 0.3) is 0 Å². The van der Waals surface area contributed by atoms with Crippen molar-refractivity contribution in [3.05, 3.63) is 11.9 Å². The second kappa shape index (κ2) is 2.57. The number of nitrogens with zero attached hydrogens (tertiary/aromatic N) is 2. The van der Waals surface area contributed by atoms with Crippen molar-refractivity contribution in [1.82, 2.24) is 9.55 Å². The van der Waals surface area contributed by atoms with E-state index < -0.39 is 0 Å². The zero-order chi connectivity index (χ0) is 7.68. The third-order valence-electron chi connectivity index (χ3n) is 2.05. The number of aromatic nitrogens is 2. The Morgan fingerprint density at radius 1 is 1.73 bits per heavy atom. The first-order valence-electron chi connectivity index (χ1n) is 4.20. The number of imidazole rings is 1. The first-order valence-corrected chi connectivity index (χ1v) is 4.20. The Bertz CT molecular complexity index is 228. The van der Waals surface area contributed by atoms with E-state index in [-0.39, 0.29) is 0 Å². The number of hydrogen-bond donors (Lipinski definition) is 1. The summed E-state index contributed by atoms with van der Waals surface area (Å²) < 4.78 is 2.20. The molecule has 0 fully saturated rings. The largest absolute Gasteiger partial charge is 0.356 e. The van der Waals surface area contributed by atoms with Gasteiger partial charge in [0.05, 0.1) is 5.69 Å². The zero-order valence-corrected chi connectivity index (χ0v) is 6.80. The first kappa shape index (κ1) is 6.70. The van der Waals surface area contributed by atoms with Crippen molar-refractivity contribution in [2.75, 3.05) is 11.9 Å². The number of rotatable bonds is 1. The highest BCUT2D eigenvalue weighted by atomic mass is 15.2. The summed E-state index contributed by atoms with van der Waals surface area (Å²) in [5.74, 6) is 1.05. The average molecular weight is 151 g/mol. The third-order valence-corrected chi connectivity index (χ3v) is 2.05. The quantitative estimate of drug-likeness (QED) is 0.655. The van der Waals surface area contributed by atoms with E-state index >= 15 is 0 Å². The summed E-state index contributed by atoms with van der Waals surface area (Å²) in [5.41, 5.74) is 1.19. The molecule has 1 aromatic heterocycles. The summed E-state index contributed by atoms with van der Waals surface area (Å²) in [5, 5.41) is 3.27. The molecule has 0 spiro atoms. The van der Waals surface area contributed by atoms with E-state index in [0.29, 0.717) is 0 Å². The summed E-state index contributed by atoms with van der Waals surface area (Å²) in [4.78, 5) is 4.42. The van der Waals surface area contributed by atoms with Gasteiger partial charge in [0.1, 0.15) is 0 Å². The predicted octanol–water partition coefficient (Wildman–Crippen LogP) is 1.26. The Morgan fingerprint density at radius 3 is 3.36 bits per heavy atom. The van der Waals surface area contributed by atoms with Crippen molar-refractivity contribution in [2.45, 2.75) is 26.3 Å². The fourth-order valence-electron chi connectivity index (χ4n) is 1.40. The Labute approximate surface area is 66.4 Å². The molecule has 0 aliphatic carbocycles. The lowest BCUT2D eigenvalue weighted by molar-refractivity contribution is 0.627. The van der Waals surface area contributed by atoms with E-state index in [4.69, 9.17) is 0 Å². The zero-order valence-electron chi connectivity index (χ0n) is 6.80. The Kier molecular flexibility index (Phi) is 1.56. The number of aryl methyl sites for hydroxylation is 2. The molecule has 0 radical (unpaired) electrons. The molecule has 0 bridgehead atoms. The van der Waals surface area contributed by atoms with E-state index in [1.54, 1.807) is 0 Å². The van der Waals surface area contributed by atoms with Crippen LogP contribution in [0.15, 0.2) is 6.20 Å². The molecule has 0 saturated carbocycles. The Morgan fingerprint density at radius 2 is 2.64 bits per heavy atom. The molecule has 0 atom stereocenters. The summed E-state index contributed by atoms with van der Waals surface area (Å²) in [6, 6.07) is 0. The molecule has 2 heterocycles. The van der Waals surface area contributed by atoms with Crippen molar-refractivity contribution in [3.8, 4) is 0 Å². The van der Waals surface area contributed by atoms with Crippen LogP contribution < -0.4 is 5.32 Å². The van der Waals surface area contributed by atoms with Gasteiger partial charge >= 0.3 is 0 Å². The second-order valence-electron chi connectivity index (χ2n) is 2.88. The number of fused-ring (bicyclic) bond motifs is 1. The molecule has 11 heavy (non-hydrogen) atoms. The van der Waals surface area contributed by atoms with Crippen LogP contribution in [0.5, 0.6) is 0 Å². The molecule has 0 unspecified atom stereocenters. The van der Waals surface area contributed by atoms with Gasteiger partial charge in [-0.2, -0.15) is 0 Å². The van der Waals surface area contributed by atoms with Gasteiger partial charge in [-0.05, 0) is 12.8 Å². The minimum absolute atomic E-state index is 1.03. The molecule has 3 heteroatoms. The number of nitrogens with one attached hydrogen (secondary N) is 1. The van der Waals surface area contributed by atoms with Gasteiger partial charge in [0.2, 0.25) is 5.95 Å². The summed E-state index contributed by atoms with van der Waals surface area (Å²) in [6.07, 6.45) is 4.38. The Hall–Kier alpha value is -0.990. The lowest BCUT2D eigenvalue weighted by Gasteiger charge is -2.14. The van der Waals surface area contributed by atoms with Gasteiger partial charge in [-0.3, -0.25) is 0 Å². The van der Waals surface area contributed by atoms with Crippen molar-refractivity contribution in [1.29, 1.82) is 0 Å². The second-order valence-corrected chi connectivity index (χ2v) is 2.88. The van der Waals surface area contributed by atoms with Gasteiger partial charge in [-0.25, -0.2) is 4.98 Å². The van der Waals surface area contributed by atoms with Gasteiger partial charge in [-0.1, -0.05) is 6.92 Å². The van der Waals surface area contributed by atoms with Crippen LogP contribution in [0.3, 0.4) is 0 Å². The molecule has 0 saturated heterocycles. The first-order chi connectivity index (χ1) is 5.40. The van der Waals surface area contributed by atoms with Crippen molar-refractivity contribution < 1.29 is 0 Å². The maximum Gasteiger partial charge on any atom is 0.203 e. The van der Waals surface area contributed by atoms with Crippen LogP contribution >= 0.6 is 0 Å². The Balaban J connectivity index is 2.32. The van der Waals surface area contributed by atoms with Gasteiger partial charge in [0.15, 0.2) is 0 Å². The maximum absolute atomic E-state index is 4.42. The van der Waals surface area contributed by atoms with Crippen molar-refractivity contribution in [3.63, 3.8) is 0 Å². The van der Waals surface area contributed by atoms with E-state index in [0.717, 1.165) is 25.5 Å². The van der Waals surface area contributed by atoms with Crippen LogP contribution in [0.4, 0.5) is 5.95 Å². The third kappa shape index (κ3) is 1.11. The van der Waals surface area contributed by atoms with Crippen LogP contribution in [-0.2, 0) is 13.0 Å². The van der Waals surface area contributed by atoms with E-state index in [2.05, 4.69) is 28.0 Å². The smallest absolute Gasteiger partial charge is 0.203 e. The summed E-state index contributed by atoms with van der Waals surface area (Å²) >= 11 is 0. The molecular formula is C8H13N3. The molecule has 2 rings (SSSR count). The standard InChI is InChI=1S/C8H13N3/c1-2-7-6-11-5-3-4-9-8(11)10-7/h6H,2-5H2,1H3,(H,9,10). The number of hydrogen-bond acceptors (Lipinski definition) is 2. The molecule has 1 aliphatic heterocycles. The highest BCUT2D eigenvalue weighted by Crippen LogP contribution is 2.13. The van der Waals surface area contributed by atoms with Crippen molar-refractivity contribution >= 4 is 5.95 Å². The average Bonchev–Trinajstić information content (AvgIpc) is 2.46. The van der Waals surface area contributed by atoms with Crippen LogP contribution in [0.1, 0.15) is 19.0 Å². The van der Waals surface area contributed by atoms with Crippen LogP contribution in [-0.4, -0.2) is 16.1 Å². The topological polar surface area (TPSA) is 29.9 Å². The SMILES string of the molecule is CCc1cn2c(n1)NCCC2. The highest BCUT2D eigenvalue weighted by molar-refractivity contribution is 5.30. The molecule has 0 aromatic carbocycles. The van der Waals surface area contributed by atoms with E-state index in [9.17, 15) is 0 Å². The van der Waals surface area contributed by atoms with Gasteiger partial charge < -0.3 is 9.88 Å². The molecule has 1 aliphatic rings. The van der Waals surface area contributed by atoms with Crippen molar-refractivity contribution in [2.24, 2.45) is 0 Å². The number of anilines is 1. The van der Waals surface area contributed by atoms with Gasteiger partial charge in [0, 0.05) is 19.3 Å². The van der Waals surface area contributed by atoms with Gasteiger partial charge in [0.25, 0.3) is 0 Å². The monoisotopic (exact) mass is 151 g/mol. The normalized spacial score (nSPS) is 15.7. The fraction of sp³-hybridized carbons (Fsp3) is 0.625. The lowest BCUT2D eigenvalue weighted by Crippen LogP contribution is -2.16. The minimum atomic E-state index is 1.03. The maximum atomic E-state index is 4.42. The highest BCUT2D eigenvalue weighted by Gasteiger charge is 2.09. The lowest BCUT2D eigenvalue weighted by atomic mass is 10.3. The summed E-state index contributed by atoms with van der Waals surface area (Å²) in [6.45, 7) is 4.32.